The lowest BCUT2D eigenvalue weighted by Crippen LogP contribution is -2.11. The molecular formula is C16H15N3O3. The maximum absolute atomic E-state index is 11.4. The SMILES string of the molecule is COc1cc(C(N)=O)cc2ncn(Cc3ccc(O)cc3)c12. The van der Waals surface area contributed by atoms with Gasteiger partial charge in [0.15, 0.2) is 0 Å². The molecule has 0 spiro atoms. The van der Waals surface area contributed by atoms with E-state index in [9.17, 15) is 9.90 Å². The van der Waals surface area contributed by atoms with E-state index in [1.807, 2.05) is 16.7 Å². The number of hydrogen-bond acceptors (Lipinski definition) is 4. The number of phenolic OH excluding ortho intramolecular Hbond substituents is 1. The molecule has 0 saturated carbocycles. The number of phenols is 1. The second kappa shape index (κ2) is 5.40. The molecule has 22 heavy (non-hydrogen) atoms. The molecule has 6 nitrogen and oxygen atoms in total. The van der Waals surface area contributed by atoms with Crippen molar-refractivity contribution in [3.63, 3.8) is 0 Å². The quantitative estimate of drug-likeness (QED) is 0.769. The molecule has 1 heterocycles. The second-order valence-electron chi connectivity index (χ2n) is 4.95. The smallest absolute Gasteiger partial charge is 0.248 e. The first-order valence-electron chi connectivity index (χ1n) is 6.69. The number of imidazole rings is 1. The monoisotopic (exact) mass is 297 g/mol. The minimum atomic E-state index is -0.520. The molecule has 0 aliphatic carbocycles. The Balaban J connectivity index is 2.07. The van der Waals surface area contributed by atoms with Crippen molar-refractivity contribution in [3.05, 3.63) is 53.9 Å². The number of primary amides is 1. The summed E-state index contributed by atoms with van der Waals surface area (Å²) in [5.41, 5.74) is 8.13. The average Bonchev–Trinajstić information content (AvgIpc) is 2.91. The average molecular weight is 297 g/mol. The number of benzene rings is 2. The van der Waals surface area contributed by atoms with Crippen molar-refractivity contribution in [2.45, 2.75) is 6.54 Å². The summed E-state index contributed by atoms with van der Waals surface area (Å²) in [6, 6.07) is 10.2. The molecule has 1 amide bonds. The fourth-order valence-electron chi connectivity index (χ4n) is 2.39. The summed E-state index contributed by atoms with van der Waals surface area (Å²) in [5, 5.41) is 9.34. The first-order valence-corrected chi connectivity index (χ1v) is 6.69. The highest BCUT2D eigenvalue weighted by Crippen LogP contribution is 2.27. The first kappa shape index (κ1) is 13.9. The summed E-state index contributed by atoms with van der Waals surface area (Å²) in [5.74, 6) is 0.249. The maximum atomic E-state index is 11.4. The van der Waals surface area contributed by atoms with Gasteiger partial charge in [0.1, 0.15) is 17.0 Å². The topological polar surface area (TPSA) is 90.4 Å². The lowest BCUT2D eigenvalue weighted by Gasteiger charge is -2.09. The number of ether oxygens (including phenoxy) is 1. The van der Waals surface area contributed by atoms with Gasteiger partial charge in [0, 0.05) is 12.1 Å². The van der Waals surface area contributed by atoms with Crippen molar-refractivity contribution in [2.24, 2.45) is 5.73 Å². The molecule has 6 heteroatoms. The van der Waals surface area contributed by atoms with E-state index in [2.05, 4.69) is 4.98 Å². The minimum Gasteiger partial charge on any atom is -0.508 e. The number of methoxy groups -OCH3 is 1. The largest absolute Gasteiger partial charge is 0.508 e. The molecule has 0 aliphatic rings. The van der Waals surface area contributed by atoms with Crippen molar-refractivity contribution in [1.82, 2.24) is 9.55 Å². The van der Waals surface area contributed by atoms with Gasteiger partial charge in [-0.1, -0.05) is 12.1 Å². The second-order valence-corrected chi connectivity index (χ2v) is 4.95. The van der Waals surface area contributed by atoms with E-state index < -0.39 is 5.91 Å². The zero-order chi connectivity index (χ0) is 15.7. The van der Waals surface area contributed by atoms with Gasteiger partial charge in [0.25, 0.3) is 0 Å². The maximum Gasteiger partial charge on any atom is 0.248 e. The molecule has 0 atom stereocenters. The number of amides is 1. The van der Waals surface area contributed by atoms with E-state index in [1.54, 1.807) is 30.6 Å². The summed E-state index contributed by atoms with van der Waals surface area (Å²) in [6.45, 7) is 0.572. The van der Waals surface area contributed by atoms with Gasteiger partial charge in [0.2, 0.25) is 5.91 Å². The molecule has 1 aromatic heterocycles. The van der Waals surface area contributed by atoms with Crippen LogP contribution in [-0.4, -0.2) is 27.7 Å². The minimum absolute atomic E-state index is 0.225. The van der Waals surface area contributed by atoms with E-state index in [4.69, 9.17) is 10.5 Å². The van der Waals surface area contributed by atoms with Crippen molar-refractivity contribution >= 4 is 16.9 Å². The van der Waals surface area contributed by atoms with Gasteiger partial charge in [-0.3, -0.25) is 4.79 Å². The van der Waals surface area contributed by atoms with Crippen LogP contribution in [0.3, 0.4) is 0 Å². The molecule has 3 N–H and O–H groups in total. The zero-order valence-corrected chi connectivity index (χ0v) is 12.0. The fraction of sp³-hybridized carbons (Fsp3) is 0.125. The predicted octanol–water partition coefficient (Wildman–Crippen LogP) is 1.90. The Bertz CT molecular complexity index is 838. The van der Waals surface area contributed by atoms with Crippen LogP contribution in [0.4, 0.5) is 0 Å². The van der Waals surface area contributed by atoms with E-state index in [0.717, 1.165) is 11.1 Å². The Morgan fingerprint density at radius 2 is 2.05 bits per heavy atom. The van der Waals surface area contributed by atoms with Crippen LogP contribution in [0.5, 0.6) is 11.5 Å². The van der Waals surface area contributed by atoms with Crippen LogP contribution in [0.25, 0.3) is 11.0 Å². The molecule has 0 radical (unpaired) electrons. The molecule has 3 rings (SSSR count). The van der Waals surface area contributed by atoms with Crippen LogP contribution in [0.2, 0.25) is 0 Å². The Morgan fingerprint density at radius 1 is 1.32 bits per heavy atom. The number of hydrogen-bond donors (Lipinski definition) is 2. The third-order valence-electron chi connectivity index (χ3n) is 3.47. The number of nitrogens with zero attached hydrogens (tertiary/aromatic N) is 2. The normalized spacial score (nSPS) is 10.8. The first-order chi connectivity index (χ1) is 10.6. The van der Waals surface area contributed by atoms with Crippen molar-refractivity contribution in [2.75, 3.05) is 7.11 Å². The van der Waals surface area contributed by atoms with Gasteiger partial charge >= 0.3 is 0 Å². The van der Waals surface area contributed by atoms with Crippen LogP contribution in [0, 0.1) is 0 Å². The molecule has 0 aliphatic heterocycles. The van der Waals surface area contributed by atoms with Crippen molar-refractivity contribution < 1.29 is 14.6 Å². The van der Waals surface area contributed by atoms with Crippen molar-refractivity contribution in [1.29, 1.82) is 0 Å². The van der Waals surface area contributed by atoms with Crippen LogP contribution < -0.4 is 10.5 Å². The predicted molar refractivity (Wildman–Crippen MR) is 82.0 cm³/mol. The number of carbonyl (C=O) groups excluding carboxylic acids is 1. The summed E-state index contributed by atoms with van der Waals surface area (Å²) >= 11 is 0. The Morgan fingerprint density at radius 3 is 2.68 bits per heavy atom. The Kier molecular flexibility index (Phi) is 3.42. The van der Waals surface area contributed by atoms with E-state index in [0.29, 0.717) is 23.4 Å². The molecule has 112 valence electrons. The summed E-state index contributed by atoms with van der Waals surface area (Å²) < 4.78 is 7.29. The molecule has 0 bridgehead atoms. The van der Waals surface area contributed by atoms with Crippen LogP contribution >= 0.6 is 0 Å². The molecule has 0 unspecified atom stereocenters. The fourth-order valence-corrected chi connectivity index (χ4v) is 2.39. The lowest BCUT2D eigenvalue weighted by molar-refractivity contribution is 0.1000. The van der Waals surface area contributed by atoms with E-state index in [-0.39, 0.29) is 5.75 Å². The number of aromatic hydroxyl groups is 1. The van der Waals surface area contributed by atoms with Crippen LogP contribution in [-0.2, 0) is 6.54 Å². The summed E-state index contributed by atoms with van der Waals surface area (Å²) in [6.07, 6.45) is 1.69. The molecule has 0 saturated heterocycles. The van der Waals surface area contributed by atoms with E-state index in [1.165, 1.54) is 7.11 Å². The van der Waals surface area contributed by atoms with Gasteiger partial charge in [-0.05, 0) is 29.8 Å². The van der Waals surface area contributed by atoms with Crippen LogP contribution in [0.1, 0.15) is 15.9 Å². The highest BCUT2D eigenvalue weighted by Gasteiger charge is 2.13. The highest BCUT2D eigenvalue weighted by molar-refractivity contribution is 5.98. The van der Waals surface area contributed by atoms with Crippen molar-refractivity contribution in [3.8, 4) is 11.5 Å². The van der Waals surface area contributed by atoms with Gasteiger partial charge in [-0.15, -0.1) is 0 Å². The molecular weight excluding hydrogens is 282 g/mol. The molecule has 0 fully saturated rings. The zero-order valence-electron chi connectivity index (χ0n) is 12.0. The summed E-state index contributed by atoms with van der Waals surface area (Å²) in [4.78, 5) is 15.7. The summed E-state index contributed by atoms with van der Waals surface area (Å²) in [7, 11) is 1.54. The number of rotatable bonds is 4. The number of fused-ring (bicyclic) bond motifs is 1. The van der Waals surface area contributed by atoms with Crippen LogP contribution in [0.15, 0.2) is 42.7 Å². The third kappa shape index (κ3) is 2.46. The molecule has 2 aromatic carbocycles. The number of carbonyl (C=O) groups is 1. The number of aromatic nitrogens is 2. The molecule has 3 aromatic rings. The van der Waals surface area contributed by atoms with Gasteiger partial charge in [0.05, 0.1) is 19.0 Å². The van der Waals surface area contributed by atoms with Gasteiger partial charge in [-0.2, -0.15) is 0 Å². The highest BCUT2D eigenvalue weighted by atomic mass is 16.5. The Hall–Kier alpha value is -3.02. The van der Waals surface area contributed by atoms with Gasteiger partial charge in [-0.25, -0.2) is 4.98 Å². The number of nitrogens with two attached hydrogens (primary N) is 1. The Labute approximate surface area is 126 Å². The lowest BCUT2D eigenvalue weighted by atomic mass is 10.1. The third-order valence-corrected chi connectivity index (χ3v) is 3.47. The standard InChI is InChI=1S/C16H15N3O3/c1-22-14-7-11(16(17)21)6-13-15(14)19(9-18-13)8-10-2-4-12(20)5-3-10/h2-7,9,20H,8H2,1H3,(H2,17,21). The van der Waals surface area contributed by atoms with Gasteiger partial charge < -0.3 is 20.1 Å². The van der Waals surface area contributed by atoms with E-state index >= 15 is 0 Å².